The predicted molar refractivity (Wildman–Crippen MR) is 66.2 cm³/mol. The van der Waals surface area contributed by atoms with Crippen molar-refractivity contribution in [2.75, 3.05) is 12.4 Å². The zero-order chi connectivity index (χ0) is 15.5. The molecule has 0 unspecified atom stereocenters. The van der Waals surface area contributed by atoms with Gasteiger partial charge in [-0.15, -0.1) is 0 Å². The number of rotatable bonds is 3. The van der Waals surface area contributed by atoms with Crippen LogP contribution < -0.4 is 10.1 Å². The van der Waals surface area contributed by atoms with Crippen molar-refractivity contribution in [3.8, 4) is 11.8 Å². The van der Waals surface area contributed by atoms with Crippen molar-refractivity contribution in [2.24, 2.45) is 0 Å². The lowest BCUT2D eigenvalue weighted by Crippen LogP contribution is -2.15. The van der Waals surface area contributed by atoms with Crippen LogP contribution in [0.5, 0.6) is 5.75 Å². The molecule has 0 heterocycles. The van der Waals surface area contributed by atoms with Crippen molar-refractivity contribution in [3.05, 3.63) is 35.4 Å². The summed E-state index contributed by atoms with van der Waals surface area (Å²) in [5.41, 5.74) is -1.77. The van der Waals surface area contributed by atoms with E-state index in [-0.39, 0.29) is 17.0 Å². The van der Waals surface area contributed by atoms with E-state index in [0.29, 0.717) is 6.07 Å². The Balaban J connectivity index is 3.41. The van der Waals surface area contributed by atoms with Gasteiger partial charge in [0.2, 0.25) is 0 Å². The van der Waals surface area contributed by atoms with Gasteiger partial charge in [-0.25, -0.2) is 0 Å². The first kappa shape index (κ1) is 15.6. The molecule has 4 nitrogen and oxygen atoms in total. The van der Waals surface area contributed by atoms with Crippen LogP contribution in [0, 0.1) is 11.3 Å². The van der Waals surface area contributed by atoms with Crippen LogP contribution in [0.1, 0.15) is 18.1 Å². The maximum atomic E-state index is 12.8. The second kappa shape index (κ2) is 5.65. The third-order valence-corrected chi connectivity index (χ3v) is 2.40. The first-order valence-corrected chi connectivity index (χ1v) is 5.37. The van der Waals surface area contributed by atoms with Gasteiger partial charge in [0.25, 0.3) is 5.91 Å². The fourth-order valence-corrected chi connectivity index (χ4v) is 1.40. The Hall–Kier alpha value is -2.49. The normalized spacial score (nSPS) is 10.6. The molecule has 20 heavy (non-hydrogen) atoms. The maximum Gasteiger partial charge on any atom is 0.417 e. The summed E-state index contributed by atoms with van der Waals surface area (Å²) in [5, 5.41) is 11.0. The number of halogens is 3. The van der Waals surface area contributed by atoms with Gasteiger partial charge in [0, 0.05) is 11.6 Å². The highest BCUT2D eigenvalue weighted by molar-refractivity contribution is 6.03. The third kappa shape index (κ3) is 3.29. The van der Waals surface area contributed by atoms with Gasteiger partial charge in [-0.1, -0.05) is 6.58 Å². The molecule has 7 heteroatoms. The molecule has 0 spiro atoms. The highest BCUT2D eigenvalue weighted by Gasteiger charge is 2.35. The highest BCUT2D eigenvalue weighted by atomic mass is 19.4. The molecule has 1 rings (SSSR count). The number of nitrogens with one attached hydrogen (secondary N) is 1. The lowest BCUT2D eigenvalue weighted by Gasteiger charge is -2.15. The van der Waals surface area contributed by atoms with Crippen LogP contribution in [0.4, 0.5) is 18.9 Å². The Morgan fingerprint density at radius 2 is 2.05 bits per heavy atom. The number of methoxy groups -OCH3 is 1. The lowest BCUT2D eigenvalue weighted by atomic mass is 10.1. The van der Waals surface area contributed by atoms with Crippen LogP contribution in [-0.4, -0.2) is 13.0 Å². The van der Waals surface area contributed by atoms with Gasteiger partial charge in [-0.05, 0) is 13.0 Å². The second-order valence-corrected chi connectivity index (χ2v) is 3.94. The molecule has 0 atom stereocenters. The molecule has 0 saturated carbocycles. The average Bonchev–Trinajstić information content (AvgIpc) is 2.36. The molecule has 106 valence electrons. The van der Waals surface area contributed by atoms with Crippen LogP contribution in [0.3, 0.4) is 0 Å². The topological polar surface area (TPSA) is 62.1 Å². The Bertz CT molecular complexity index is 601. The molecule has 0 radical (unpaired) electrons. The number of hydrogen-bond acceptors (Lipinski definition) is 3. The molecule has 0 fully saturated rings. The van der Waals surface area contributed by atoms with Gasteiger partial charge < -0.3 is 10.1 Å². The van der Waals surface area contributed by atoms with E-state index in [1.165, 1.54) is 20.1 Å². The van der Waals surface area contributed by atoms with Crippen LogP contribution >= 0.6 is 0 Å². The SMILES string of the molecule is C=C(C)C(=O)Nc1cc(C(F)(F)F)c(C#N)cc1OC. The van der Waals surface area contributed by atoms with Gasteiger partial charge in [-0.3, -0.25) is 4.79 Å². The summed E-state index contributed by atoms with van der Waals surface area (Å²) in [5.74, 6) is -0.676. The molecule has 0 bridgehead atoms. The minimum absolute atomic E-state index is 0.0378. The summed E-state index contributed by atoms with van der Waals surface area (Å²) in [4.78, 5) is 11.5. The van der Waals surface area contributed by atoms with Gasteiger partial charge in [-0.2, -0.15) is 18.4 Å². The lowest BCUT2D eigenvalue weighted by molar-refractivity contribution is -0.137. The van der Waals surface area contributed by atoms with E-state index in [1.54, 1.807) is 0 Å². The van der Waals surface area contributed by atoms with Crippen molar-refractivity contribution in [1.82, 2.24) is 0 Å². The van der Waals surface area contributed by atoms with Crippen LogP contribution in [-0.2, 0) is 11.0 Å². The van der Waals surface area contributed by atoms with E-state index in [1.807, 2.05) is 0 Å². The zero-order valence-electron chi connectivity index (χ0n) is 10.8. The summed E-state index contributed by atoms with van der Waals surface area (Å²) < 4.78 is 43.3. The van der Waals surface area contributed by atoms with Gasteiger partial charge in [0.15, 0.2) is 0 Å². The van der Waals surface area contributed by atoms with Crippen LogP contribution in [0.25, 0.3) is 0 Å². The number of alkyl halides is 3. The van der Waals surface area contributed by atoms with E-state index in [0.717, 1.165) is 6.07 Å². The fourth-order valence-electron chi connectivity index (χ4n) is 1.40. The summed E-state index contributed by atoms with van der Waals surface area (Å²) in [6.07, 6.45) is -4.71. The Labute approximate surface area is 113 Å². The summed E-state index contributed by atoms with van der Waals surface area (Å²) >= 11 is 0. The van der Waals surface area contributed by atoms with Crippen molar-refractivity contribution in [1.29, 1.82) is 5.26 Å². The number of ether oxygens (including phenoxy) is 1. The van der Waals surface area contributed by atoms with Gasteiger partial charge in [0.1, 0.15) is 5.75 Å². The molecular weight excluding hydrogens is 273 g/mol. The number of nitriles is 1. The largest absolute Gasteiger partial charge is 0.495 e. The van der Waals surface area contributed by atoms with E-state index < -0.39 is 23.2 Å². The summed E-state index contributed by atoms with van der Waals surface area (Å²) in [6, 6.07) is 3.04. The standard InChI is InChI=1S/C13H11F3N2O2/c1-7(2)12(19)18-10-5-9(13(14,15)16)8(6-17)4-11(10)20-3/h4-5H,1H2,2-3H3,(H,18,19). The minimum Gasteiger partial charge on any atom is -0.495 e. The first-order chi connectivity index (χ1) is 9.20. The fraction of sp³-hybridized carbons (Fsp3) is 0.231. The molecule has 0 aliphatic carbocycles. The number of nitrogens with zero attached hydrogens (tertiary/aromatic N) is 1. The molecule has 1 aromatic carbocycles. The Kier molecular flexibility index (Phi) is 4.40. The number of amides is 1. The van der Waals surface area contributed by atoms with Crippen LogP contribution in [0.15, 0.2) is 24.3 Å². The number of hydrogen-bond donors (Lipinski definition) is 1. The number of anilines is 1. The number of carbonyl (C=O) groups is 1. The van der Waals surface area contributed by atoms with Crippen molar-refractivity contribution < 1.29 is 22.7 Å². The maximum absolute atomic E-state index is 12.8. The first-order valence-electron chi connectivity index (χ1n) is 5.37. The minimum atomic E-state index is -4.71. The van der Waals surface area contributed by atoms with E-state index >= 15 is 0 Å². The zero-order valence-corrected chi connectivity index (χ0v) is 10.8. The smallest absolute Gasteiger partial charge is 0.417 e. The van der Waals surface area contributed by atoms with Crippen LogP contribution in [0.2, 0.25) is 0 Å². The van der Waals surface area contributed by atoms with Crippen molar-refractivity contribution in [3.63, 3.8) is 0 Å². The Morgan fingerprint density at radius 1 is 1.45 bits per heavy atom. The van der Waals surface area contributed by atoms with Crippen molar-refractivity contribution in [2.45, 2.75) is 13.1 Å². The molecule has 1 amide bonds. The highest BCUT2D eigenvalue weighted by Crippen LogP contribution is 2.37. The monoisotopic (exact) mass is 284 g/mol. The number of benzene rings is 1. The summed E-state index contributed by atoms with van der Waals surface area (Å²) in [6.45, 7) is 4.80. The van der Waals surface area contributed by atoms with Gasteiger partial charge >= 0.3 is 6.18 Å². The molecule has 0 saturated heterocycles. The third-order valence-electron chi connectivity index (χ3n) is 2.40. The molecular formula is C13H11F3N2O2. The van der Waals surface area contributed by atoms with E-state index in [2.05, 4.69) is 11.9 Å². The predicted octanol–water partition coefficient (Wildman–Crippen LogP) is 3.10. The molecule has 0 aliphatic heterocycles. The molecule has 0 aliphatic rings. The summed E-state index contributed by atoms with van der Waals surface area (Å²) in [7, 11) is 1.22. The van der Waals surface area contributed by atoms with Gasteiger partial charge in [0.05, 0.1) is 30.0 Å². The average molecular weight is 284 g/mol. The quantitative estimate of drug-likeness (QED) is 0.867. The molecule has 1 aromatic rings. The second-order valence-electron chi connectivity index (χ2n) is 3.94. The number of carbonyl (C=O) groups excluding carboxylic acids is 1. The van der Waals surface area contributed by atoms with E-state index in [4.69, 9.17) is 10.00 Å². The Morgan fingerprint density at radius 3 is 2.45 bits per heavy atom. The van der Waals surface area contributed by atoms with E-state index in [9.17, 15) is 18.0 Å². The van der Waals surface area contributed by atoms with Crippen molar-refractivity contribution >= 4 is 11.6 Å². The molecule has 0 aromatic heterocycles. The molecule has 1 N–H and O–H groups in total.